The molecule has 0 spiro atoms. The monoisotopic (exact) mass is 518 g/mol. The topological polar surface area (TPSA) is 105 Å². The maximum Gasteiger partial charge on any atom is 0.387 e. The van der Waals surface area contributed by atoms with Gasteiger partial charge in [0.2, 0.25) is 0 Å². The molecule has 0 saturated heterocycles. The second-order valence-electron chi connectivity index (χ2n) is 10.2. The molecule has 7 rings (SSSR count). The molecule has 9 nitrogen and oxygen atoms in total. The van der Waals surface area contributed by atoms with E-state index in [-0.39, 0.29) is 17.7 Å². The van der Waals surface area contributed by atoms with Crippen molar-refractivity contribution in [3.8, 4) is 16.9 Å². The second-order valence-corrected chi connectivity index (χ2v) is 10.2. The summed E-state index contributed by atoms with van der Waals surface area (Å²) in [5, 5.41) is 9.61. The van der Waals surface area contributed by atoms with E-state index in [0.717, 1.165) is 41.4 Å². The number of nitrogens with zero attached hydrogens (tertiary/aromatic N) is 5. The van der Waals surface area contributed by atoms with Crippen LogP contribution in [0.4, 0.5) is 8.78 Å². The highest BCUT2D eigenvalue weighted by atomic mass is 19.3. The molecule has 1 fully saturated rings. The smallest absolute Gasteiger partial charge is 0.387 e. The number of ether oxygens (including phenoxy) is 1. The Hall–Kier alpha value is -3.96. The van der Waals surface area contributed by atoms with E-state index in [9.17, 15) is 18.8 Å². The van der Waals surface area contributed by atoms with E-state index < -0.39 is 18.2 Å². The van der Waals surface area contributed by atoms with E-state index in [1.54, 1.807) is 36.5 Å². The van der Waals surface area contributed by atoms with Crippen LogP contribution in [0.1, 0.15) is 65.3 Å². The molecule has 2 bridgehead atoms. The van der Waals surface area contributed by atoms with Gasteiger partial charge in [-0.2, -0.15) is 14.3 Å². The lowest BCUT2D eigenvalue weighted by atomic mass is 9.77. The number of alkyl halides is 2. The first-order valence-electron chi connectivity index (χ1n) is 12.5. The van der Waals surface area contributed by atoms with Gasteiger partial charge in [0.15, 0.2) is 5.82 Å². The Morgan fingerprint density at radius 2 is 1.92 bits per heavy atom. The molecule has 3 aliphatic rings. The fourth-order valence-corrected chi connectivity index (χ4v) is 6.10. The molecule has 0 radical (unpaired) electrons. The van der Waals surface area contributed by atoms with E-state index in [2.05, 4.69) is 15.4 Å². The fraction of sp³-hybridized carbons (Fsp3) is 0.333. The SMILES string of the molecule is CN1C(=O)c2cccc(OC(F)F)c2[C@H]2C[C@@H]1c1nc3ccc(-c4cnc(C5(NO)CCC5)nc4)cc3n12. The van der Waals surface area contributed by atoms with Gasteiger partial charge in [-0.3, -0.25) is 4.79 Å². The number of fused-ring (bicyclic) bond motifs is 9. The Morgan fingerprint density at radius 1 is 1.13 bits per heavy atom. The van der Waals surface area contributed by atoms with Crippen molar-refractivity contribution in [2.24, 2.45) is 0 Å². The third-order valence-corrected chi connectivity index (χ3v) is 8.24. The Balaban J connectivity index is 1.35. The van der Waals surface area contributed by atoms with Crippen LogP contribution in [0.2, 0.25) is 0 Å². The number of hydroxylamine groups is 1. The first kappa shape index (κ1) is 23.2. The minimum Gasteiger partial charge on any atom is -0.434 e. The molecule has 4 heterocycles. The van der Waals surface area contributed by atoms with E-state index in [1.807, 2.05) is 22.8 Å². The largest absolute Gasteiger partial charge is 0.434 e. The average Bonchev–Trinajstić information content (AvgIpc) is 3.41. The van der Waals surface area contributed by atoms with Crippen LogP contribution >= 0.6 is 0 Å². The number of halogens is 2. The molecule has 4 aromatic rings. The van der Waals surface area contributed by atoms with Crippen molar-refractivity contribution in [2.45, 2.75) is 49.9 Å². The third kappa shape index (κ3) is 3.21. The molecule has 2 N–H and O–H groups in total. The summed E-state index contributed by atoms with van der Waals surface area (Å²) >= 11 is 0. The number of imidazole rings is 1. The molecule has 38 heavy (non-hydrogen) atoms. The molecule has 1 amide bonds. The highest BCUT2D eigenvalue weighted by Crippen LogP contribution is 2.50. The van der Waals surface area contributed by atoms with Crippen molar-refractivity contribution >= 4 is 16.9 Å². The zero-order valence-electron chi connectivity index (χ0n) is 20.4. The van der Waals surface area contributed by atoms with Gasteiger partial charge in [-0.1, -0.05) is 12.1 Å². The van der Waals surface area contributed by atoms with Crippen LogP contribution in [0.25, 0.3) is 22.2 Å². The first-order valence-corrected chi connectivity index (χ1v) is 12.5. The summed E-state index contributed by atoms with van der Waals surface area (Å²) < 4.78 is 33.6. The number of hydrogen-bond acceptors (Lipinski definition) is 7. The molecular formula is C27H24F2N6O3. The molecule has 11 heteroatoms. The van der Waals surface area contributed by atoms with Crippen LogP contribution < -0.4 is 10.2 Å². The lowest BCUT2D eigenvalue weighted by Gasteiger charge is -2.38. The van der Waals surface area contributed by atoms with E-state index in [1.165, 1.54) is 6.07 Å². The quantitative estimate of drug-likeness (QED) is 0.373. The Kier molecular flexibility index (Phi) is 5.04. The molecule has 2 atom stereocenters. The van der Waals surface area contributed by atoms with Crippen LogP contribution in [0, 0.1) is 0 Å². The molecule has 0 unspecified atom stereocenters. The van der Waals surface area contributed by atoms with E-state index in [4.69, 9.17) is 9.72 Å². The summed E-state index contributed by atoms with van der Waals surface area (Å²) in [5.74, 6) is 1.03. The van der Waals surface area contributed by atoms with Crippen molar-refractivity contribution in [1.82, 2.24) is 29.9 Å². The molecule has 2 aromatic carbocycles. The number of hydrogen-bond donors (Lipinski definition) is 2. The van der Waals surface area contributed by atoms with Gasteiger partial charge in [0.1, 0.15) is 17.1 Å². The highest BCUT2D eigenvalue weighted by Gasteiger charge is 2.45. The predicted octanol–water partition coefficient (Wildman–Crippen LogP) is 4.57. The molecular weight excluding hydrogens is 494 g/mol. The van der Waals surface area contributed by atoms with Crippen molar-refractivity contribution in [2.75, 3.05) is 7.05 Å². The summed E-state index contributed by atoms with van der Waals surface area (Å²) in [4.78, 5) is 28.8. The van der Waals surface area contributed by atoms with Gasteiger partial charge in [0, 0.05) is 42.6 Å². The van der Waals surface area contributed by atoms with Crippen molar-refractivity contribution in [3.05, 3.63) is 71.6 Å². The fourth-order valence-electron chi connectivity index (χ4n) is 6.10. The maximum absolute atomic E-state index is 13.3. The van der Waals surface area contributed by atoms with Crippen LogP contribution in [-0.2, 0) is 5.54 Å². The standard InChI is InChI=1S/C27H24F2N6O3/c1-34-20-11-19(22-16(24(34)36)4-2-5-21(22)38-26(28)29)35-18-10-14(6-7-17(18)32-23(20)35)15-12-30-25(31-13-15)27(33-37)8-3-9-27/h2,4-7,10,12-13,19-20,26,33,37H,3,8-9,11H2,1H3/t19-,20-/m1/s1. The Morgan fingerprint density at radius 3 is 2.61 bits per heavy atom. The minimum atomic E-state index is -3.01. The van der Waals surface area contributed by atoms with Gasteiger partial charge < -0.3 is 19.4 Å². The number of aromatic nitrogens is 4. The molecule has 194 valence electrons. The van der Waals surface area contributed by atoms with Gasteiger partial charge >= 0.3 is 6.61 Å². The number of carbonyl (C=O) groups is 1. The van der Waals surface area contributed by atoms with Crippen molar-refractivity contribution in [3.63, 3.8) is 0 Å². The Labute approximate surface area is 216 Å². The summed E-state index contributed by atoms with van der Waals surface area (Å²) in [6.07, 6.45) is 6.53. The van der Waals surface area contributed by atoms with Crippen LogP contribution in [0.15, 0.2) is 48.8 Å². The van der Waals surface area contributed by atoms with Crippen LogP contribution in [0.5, 0.6) is 5.75 Å². The number of benzene rings is 2. The van der Waals surface area contributed by atoms with Gasteiger partial charge in [-0.05, 0) is 49.1 Å². The maximum atomic E-state index is 13.3. The number of amides is 1. The predicted molar refractivity (Wildman–Crippen MR) is 132 cm³/mol. The normalized spacial score (nSPS) is 21.3. The number of nitrogens with one attached hydrogen (secondary N) is 1. The third-order valence-electron chi connectivity index (χ3n) is 8.24. The number of rotatable bonds is 5. The molecule has 2 aliphatic heterocycles. The number of carbonyl (C=O) groups excluding carboxylic acids is 1. The molecule has 2 aromatic heterocycles. The molecule has 1 saturated carbocycles. The van der Waals surface area contributed by atoms with Gasteiger partial charge in [0.25, 0.3) is 5.91 Å². The van der Waals surface area contributed by atoms with Gasteiger partial charge in [0.05, 0.1) is 23.1 Å². The highest BCUT2D eigenvalue weighted by molar-refractivity contribution is 5.98. The van der Waals surface area contributed by atoms with Crippen molar-refractivity contribution < 1.29 is 23.5 Å². The first-order chi connectivity index (χ1) is 18.4. The zero-order chi connectivity index (χ0) is 26.2. The molecule has 1 aliphatic carbocycles. The summed E-state index contributed by atoms with van der Waals surface area (Å²) in [6.45, 7) is -3.01. The van der Waals surface area contributed by atoms with Gasteiger partial charge in [-0.25, -0.2) is 15.0 Å². The lowest BCUT2D eigenvalue weighted by molar-refractivity contribution is -0.0507. The van der Waals surface area contributed by atoms with E-state index in [0.29, 0.717) is 29.2 Å². The zero-order valence-corrected chi connectivity index (χ0v) is 20.4. The van der Waals surface area contributed by atoms with Crippen molar-refractivity contribution in [1.29, 1.82) is 0 Å². The van der Waals surface area contributed by atoms with Gasteiger partial charge in [-0.15, -0.1) is 0 Å². The van der Waals surface area contributed by atoms with E-state index >= 15 is 0 Å². The average molecular weight is 519 g/mol. The van der Waals surface area contributed by atoms with Crippen LogP contribution in [-0.4, -0.2) is 49.2 Å². The minimum absolute atomic E-state index is 0.00200. The Bertz CT molecular complexity index is 1580. The lowest BCUT2D eigenvalue weighted by Crippen LogP contribution is -2.47. The van der Waals surface area contributed by atoms with Crippen LogP contribution in [0.3, 0.4) is 0 Å². The second kappa shape index (κ2) is 8.27. The summed E-state index contributed by atoms with van der Waals surface area (Å²) in [5.41, 5.74) is 5.82. The summed E-state index contributed by atoms with van der Waals surface area (Å²) in [7, 11) is 1.72. The summed E-state index contributed by atoms with van der Waals surface area (Å²) in [6, 6.07) is 9.83.